The molecule has 0 radical (unpaired) electrons. The number of nitrogens with zero attached hydrogens (tertiary/aromatic N) is 2. The molecule has 2 aromatic rings. The number of aryl methyl sites for hydroxylation is 1. The number of hydrogen-bond acceptors (Lipinski definition) is 2. The van der Waals surface area contributed by atoms with Gasteiger partial charge in [-0.25, -0.2) is 0 Å². The molecule has 0 saturated carbocycles. The largest absolute Gasteiger partial charge is 0.340 e. The molecule has 0 saturated heterocycles. The van der Waals surface area contributed by atoms with Gasteiger partial charge in [0.2, 0.25) is 0 Å². The van der Waals surface area contributed by atoms with Gasteiger partial charge in [0.1, 0.15) is 5.69 Å². The molecule has 1 aromatic carbocycles. The van der Waals surface area contributed by atoms with Gasteiger partial charge < -0.3 is 4.90 Å². The SMILES string of the molecule is Cc1cc(C(=O)N(C)CCc2ccccc2)n[nH]1. The summed E-state index contributed by atoms with van der Waals surface area (Å²) in [6, 6.07) is 11.9. The Kier molecular flexibility index (Phi) is 3.77. The van der Waals surface area contributed by atoms with Crippen molar-refractivity contribution in [2.45, 2.75) is 13.3 Å². The zero-order valence-electron chi connectivity index (χ0n) is 10.7. The number of likely N-dealkylation sites (N-methyl/N-ethyl adjacent to an activating group) is 1. The second-order valence-corrected chi connectivity index (χ2v) is 4.40. The van der Waals surface area contributed by atoms with Crippen LogP contribution in [0.4, 0.5) is 0 Å². The Morgan fingerprint density at radius 1 is 1.33 bits per heavy atom. The number of aromatic amines is 1. The first-order chi connectivity index (χ1) is 8.66. The van der Waals surface area contributed by atoms with Crippen LogP contribution < -0.4 is 0 Å². The van der Waals surface area contributed by atoms with Gasteiger partial charge in [-0.2, -0.15) is 5.10 Å². The molecule has 0 aliphatic heterocycles. The molecule has 0 aliphatic rings. The fraction of sp³-hybridized carbons (Fsp3) is 0.286. The number of carbonyl (C=O) groups excluding carboxylic acids is 1. The predicted octanol–water partition coefficient (Wildman–Crippen LogP) is 2.03. The van der Waals surface area contributed by atoms with Crippen molar-refractivity contribution in [2.24, 2.45) is 0 Å². The molecule has 0 fully saturated rings. The van der Waals surface area contributed by atoms with E-state index >= 15 is 0 Å². The molecule has 1 heterocycles. The van der Waals surface area contributed by atoms with Crippen molar-refractivity contribution >= 4 is 5.91 Å². The van der Waals surface area contributed by atoms with Crippen LogP contribution in [-0.4, -0.2) is 34.6 Å². The average Bonchev–Trinajstić information content (AvgIpc) is 2.83. The molecule has 94 valence electrons. The topological polar surface area (TPSA) is 49.0 Å². The summed E-state index contributed by atoms with van der Waals surface area (Å²) in [5, 5.41) is 6.76. The van der Waals surface area contributed by atoms with Crippen LogP contribution in [-0.2, 0) is 6.42 Å². The standard InChI is InChI=1S/C14H17N3O/c1-11-10-13(16-15-11)14(18)17(2)9-8-12-6-4-3-5-7-12/h3-7,10H,8-9H2,1-2H3,(H,15,16). The van der Waals surface area contributed by atoms with E-state index in [1.54, 1.807) is 18.0 Å². The van der Waals surface area contributed by atoms with Crippen LogP contribution in [0.3, 0.4) is 0 Å². The van der Waals surface area contributed by atoms with Gasteiger partial charge in [-0.15, -0.1) is 0 Å². The lowest BCUT2D eigenvalue weighted by Crippen LogP contribution is -2.29. The minimum atomic E-state index is -0.0460. The molecule has 18 heavy (non-hydrogen) atoms. The van der Waals surface area contributed by atoms with Gasteiger partial charge in [0.25, 0.3) is 5.91 Å². The number of H-pyrrole nitrogens is 1. The smallest absolute Gasteiger partial charge is 0.274 e. The summed E-state index contributed by atoms with van der Waals surface area (Å²) >= 11 is 0. The van der Waals surface area contributed by atoms with Gasteiger partial charge in [0.15, 0.2) is 0 Å². The van der Waals surface area contributed by atoms with Gasteiger partial charge in [-0.3, -0.25) is 9.89 Å². The number of amides is 1. The van der Waals surface area contributed by atoms with E-state index in [-0.39, 0.29) is 5.91 Å². The number of rotatable bonds is 4. The van der Waals surface area contributed by atoms with Crippen LogP contribution in [0.1, 0.15) is 21.7 Å². The zero-order valence-corrected chi connectivity index (χ0v) is 10.7. The Hall–Kier alpha value is -2.10. The monoisotopic (exact) mass is 243 g/mol. The highest BCUT2D eigenvalue weighted by molar-refractivity contribution is 5.92. The van der Waals surface area contributed by atoms with E-state index in [1.807, 2.05) is 25.1 Å². The maximum Gasteiger partial charge on any atom is 0.274 e. The number of carbonyl (C=O) groups is 1. The maximum absolute atomic E-state index is 12.0. The van der Waals surface area contributed by atoms with Crippen LogP contribution in [0, 0.1) is 6.92 Å². The van der Waals surface area contributed by atoms with E-state index in [2.05, 4.69) is 22.3 Å². The van der Waals surface area contributed by atoms with Gasteiger partial charge in [0.05, 0.1) is 0 Å². The van der Waals surface area contributed by atoms with Gasteiger partial charge >= 0.3 is 0 Å². The fourth-order valence-corrected chi connectivity index (χ4v) is 1.77. The molecule has 2 rings (SSSR count). The Morgan fingerprint density at radius 3 is 2.67 bits per heavy atom. The summed E-state index contributed by atoms with van der Waals surface area (Å²) in [5.41, 5.74) is 2.60. The van der Waals surface area contributed by atoms with Crippen LogP contribution in [0.2, 0.25) is 0 Å². The molecule has 1 aromatic heterocycles. The van der Waals surface area contributed by atoms with Crippen LogP contribution in [0.25, 0.3) is 0 Å². The third kappa shape index (κ3) is 2.97. The van der Waals surface area contributed by atoms with Crippen molar-refractivity contribution in [1.82, 2.24) is 15.1 Å². The van der Waals surface area contributed by atoms with E-state index in [9.17, 15) is 4.79 Å². The highest BCUT2D eigenvalue weighted by atomic mass is 16.2. The van der Waals surface area contributed by atoms with Crippen molar-refractivity contribution in [3.05, 3.63) is 53.3 Å². The Bertz CT molecular complexity index is 519. The minimum absolute atomic E-state index is 0.0460. The Balaban J connectivity index is 1.92. The molecule has 0 atom stereocenters. The summed E-state index contributed by atoms with van der Waals surface area (Å²) in [7, 11) is 1.80. The molecular weight excluding hydrogens is 226 g/mol. The van der Waals surface area contributed by atoms with E-state index in [0.29, 0.717) is 12.2 Å². The summed E-state index contributed by atoms with van der Waals surface area (Å²) < 4.78 is 0. The number of nitrogens with one attached hydrogen (secondary N) is 1. The molecule has 4 heteroatoms. The lowest BCUT2D eigenvalue weighted by Gasteiger charge is -2.15. The third-order valence-electron chi connectivity index (χ3n) is 2.85. The molecule has 0 aliphatic carbocycles. The zero-order chi connectivity index (χ0) is 13.0. The summed E-state index contributed by atoms with van der Waals surface area (Å²) in [6.45, 7) is 2.57. The van der Waals surface area contributed by atoms with E-state index in [0.717, 1.165) is 12.1 Å². The average molecular weight is 243 g/mol. The van der Waals surface area contributed by atoms with Gasteiger partial charge in [-0.05, 0) is 25.0 Å². The molecular formula is C14H17N3O. The Morgan fingerprint density at radius 2 is 2.06 bits per heavy atom. The summed E-state index contributed by atoms with van der Waals surface area (Å²) in [5.74, 6) is -0.0460. The number of benzene rings is 1. The lowest BCUT2D eigenvalue weighted by atomic mass is 10.1. The second-order valence-electron chi connectivity index (χ2n) is 4.40. The molecule has 1 amide bonds. The minimum Gasteiger partial charge on any atom is -0.340 e. The third-order valence-corrected chi connectivity index (χ3v) is 2.85. The number of aromatic nitrogens is 2. The van der Waals surface area contributed by atoms with Gasteiger partial charge in [0, 0.05) is 19.3 Å². The molecule has 0 unspecified atom stereocenters. The van der Waals surface area contributed by atoms with Crippen molar-refractivity contribution in [3.63, 3.8) is 0 Å². The van der Waals surface area contributed by atoms with E-state index < -0.39 is 0 Å². The second kappa shape index (κ2) is 5.49. The fourth-order valence-electron chi connectivity index (χ4n) is 1.77. The van der Waals surface area contributed by atoms with Crippen LogP contribution in [0.5, 0.6) is 0 Å². The van der Waals surface area contributed by atoms with Crippen molar-refractivity contribution in [2.75, 3.05) is 13.6 Å². The quantitative estimate of drug-likeness (QED) is 0.893. The summed E-state index contributed by atoms with van der Waals surface area (Å²) in [6.07, 6.45) is 0.854. The van der Waals surface area contributed by atoms with E-state index in [1.165, 1.54) is 5.56 Å². The predicted molar refractivity (Wildman–Crippen MR) is 70.4 cm³/mol. The molecule has 0 spiro atoms. The van der Waals surface area contributed by atoms with Crippen molar-refractivity contribution < 1.29 is 4.79 Å². The normalized spacial score (nSPS) is 10.3. The molecule has 4 nitrogen and oxygen atoms in total. The van der Waals surface area contributed by atoms with E-state index in [4.69, 9.17) is 0 Å². The molecule has 1 N–H and O–H groups in total. The lowest BCUT2D eigenvalue weighted by molar-refractivity contribution is 0.0791. The first-order valence-corrected chi connectivity index (χ1v) is 5.98. The van der Waals surface area contributed by atoms with Crippen LogP contribution >= 0.6 is 0 Å². The Labute approximate surface area is 107 Å². The first kappa shape index (κ1) is 12.4. The van der Waals surface area contributed by atoms with Gasteiger partial charge in [-0.1, -0.05) is 30.3 Å². The maximum atomic E-state index is 12.0. The first-order valence-electron chi connectivity index (χ1n) is 5.98. The number of hydrogen-bond donors (Lipinski definition) is 1. The van der Waals surface area contributed by atoms with Crippen molar-refractivity contribution in [1.29, 1.82) is 0 Å². The van der Waals surface area contributed by atoms with Crippen LogP contribution in [0.15, 0.2) is 36.4 Å². The highest BCUT2D eigenvalue weighted by Crippen LogP contribution is 2.05. The van der Waals surface area contributed by atoms with Crippen molar-refractivity contribution in [3.8, 4) is 0 Å². The summed E-state index contributed by atoms with van der Waals surface area (Å²) in [4.78, 5) is 13.7. The molecule has 0 bridgehead atoms. The highest BCUT2D eigenvalue weighted by Gasteiger charge is 2.14.